The minimum absolute atomic E-state index is 0.0347. The number of hydrogen-bond donors (Lipinski definition) is 1. The summed E-state index contributed by atoms with van der Waals surface area (Å²) in [5.74, 6) is -1.13. The number of nitrogens with zero attached hydrogens (tertiary/aromatic N) is 2. The van der Waals surface area contributed by atoms with Crippen LogP contribution in [0.25, 0.3) is 0 Å². The van der Waals surface area contributed by atoms with Crippen molar-refractivity contribution in [3.8, 4) is 0 Å². The molecule has 2 saturated heterocycles. The highest BCUT2D eigenvalue weighted by Gasteiger charge is 2.38. The maximum Gasteiger partial charge on any atom is 0.320 e. The van der Waals surface area contributed by atoms with Crippen LogP contribution in [0, 0.1) is 11.8 Å². The van der Waals surface area contributed by atoms with Crippen molar-refractivity contribution in [2.45, 2.75) is 32.6 Å². The molecular weight excluding hydrogens is 232 g/mol. The summed E-state index contributed by atoms with van der Waals surface area (Å²) < 4.78 is 0. The lowest BCUT2D eigenvalue weighted by Gasteiger charge is -2.26. The van der Waals surface area contributed by atoms with Gasteiger partial charge >= 0.3 is 12.0 Å². The maximum atomic E-state index is 12.3. The predicted octanol–water partition coefficient (Wildman–Crippen LogP) is 1.63. The molecule has 0 aromatic rings. The van der Waals surface area contributed by atoms with E-state index in [1.165, 1.54) is 12.8 Å². The van der Waals surface area contributed by atoms with Gasteiger partial charge in [-0.25, -0.2) is 4.79 Å². The predicted molar refractivity (Wildman–Crippen MR) is 67.3 cm³/mol. The second-order valence-electron chi connectivity index (χ2n) is 5.51. The molecule has 5 nitrogen and oxygen atoms in total. The summed E-state index contributed by atoms with van der Waals surface area (Å²) in [6.45, 7) is 4.50. The first-order valence-electron chi connectivity index (χ1n) is 6.86. The molecule has 2 fully saturated rings. The van der Waals surface area contributed by atoms with Gasteiger partial charge in [-0.15, -0.1) is 0 Å². The second kappa shape index (κ2) is 5.59. The van der Waals surface area contributed by atoms with Gasteiger partial charge in [0.1, 0.15) is 0 Å². The molecule has 0 bridgehead atoms. The van der Waals surface area contributed by atoms with Crippen molar-refractivity contribution in [1.82, 2.24) is 9.80 Å². The molecule has 0 spiro atoms. The van der Waals surface area contributed by atoms with E-state index in [-0.39, 0.29) is 11.9 Å². The van der Waals surface area contributed by atoms with Crippen molar-refractivity contribution in [3.63, 3.8) is 0 Å². The largest absolute Gasteiger partial charge is 0.481 e. The van der Waals surface area contributed by atoms with Crippen molar-refractivity contribution >= 4 is 12.0 Å². The minimum Gasteiger partial charge on any atom is -0.481 e. The summed E-state index contributed by atoms with van der Waals surface area (Å²) in [5.41, 5.74) is 0. The van der Waals surface area contributed by atoms with Crippen LogP contribution < -0.4 is 0 Å². The number of rotatable bonds is 1. The van der Waals surface area contributed by atoms with Gasteiger partial charge in [-0.3, -0.25) is 4.79 Å². The molecule has 1 N–H and O–H groups in total. The second-order valence-corrected chi connectivity index (χ2v) is 5.51. The van der Waals surface area contributed by atoms with Crippen LogP contribution in [-0.2, 0) is 4.79 Å². The molecule has 0 radical (unpaired) electrons. The zero-order valence-corrected chi connectivity index (χ0v) is 11.0. The van der Waals surface area contributed by atoms with Crippen LogP contribution in [0.4, 0.5) is 4.79 Å². The molecule has 18 heavy (non-hydrogen) atoms. The van der Waals surface area contributed by atoms with Crippen LogP contribution in [0.3, 0.4) is 0 Å². The lowest BCUT2D eigenvalue weighted by Crippen LogP contribution is -2.42. The molecule has 2 atom stereocenters. The smallest absolute Gasteiger partial charge is 0.320 e. The quantitative estimate of drug-likeness (QED) is 0.773. The minimum atomic E-state index is -0.784. The Morgan fingerprint density at radius 2 is 1.61 bits per heavy atom. The molecular formula is C13H22N2O3. The highest BCUT2D eigenvalue weighted by atomic mass is 16.4. The fourth-order valence-corrected chi connectivity index (χ4v) is 2.91. The Hall–Kier alpha value is -1.26. The third kappa shape index (κ3) is 2.76. The van der Waals surface area contributed by atoms with E-state index < -0.39 is 11.9 Å². The Balaban J connectivity index is 1.95. The van der Waals surface area contributed by atoms with Crippen molar-refractivity contribution in [2.75, 3.05) is 26.2 Å². The summed E-state index contributed by atoms with van der Waals surface area (Å²) in [5, 5.41) is 9.09. The van der Waals surface area contributed by atoms with Gasteiger partial charge in [0.25, 0.3) is 0 Å². The van der Waals surface area contributed by atoms with E-state index in [2.05, 4.69) is 0 Å². The standard InChI is InChI=1S/C13H22N2O3/c1-10-8-15(9-11(10)12(16)17)13(18)14-6-4-2-3-5-7-14/h10-11H,2-9H2,1H3,(H,16,17)/t10-,11-/m1/s1. The Labute approximate surface area is 108 Å². The number of carboxylic acid groups (broad SMARTS) is 1. The molecule has 0 unspecified atom stereocenters. The Morgan fingerprint density at radius 3 is 2.11 bits per heavy atom. The normalized spacial score (nSPS) is 29.2. The molecule has 0 aromatic heterocycles. The molecule has 2 aliphatic rings. The Bertz CT molecular complexity index is 324. The number of likely N-dealkylation sites (tertiary alicyclic amines) is 2. The summed E-state index contributed by atoms with van der Waals surface area (Å²) in [4.78, 5) is 27.0. The van der Waals surface area contributed by atoms with Crippen molar-refractivity contribution < 1.29 is 14.7 Å². The molecule has 0 aromatic carbocycles. The fraction of sp³-hybridized carbons (Fsp3) is 0.846. The monoisotopic (exact) mass is 254 g/mol. The van der Waals surface area contributed by atoms with Gasteiger partial charge < -0.3 is 14.9 Å². The van der Waals surface area contributed by atoms with E-state index in [0.717, 1.165) is 25.9 Å². The Kier molecular flexibility index (Phi) is 4.09. The number of carbonyl (C=O) groups excluding carboxylic acids is 1. The zero-order chi connectivity index (χ0) is 13.1. The van der Waals surface area contributed by atoms with Crippen LogP contribution in [0.2, 0.25) is 0 Å². The first-order chi connectivity index (χ1) is 8.59. The molecule has 0 aliphatic carbocycles. The van der Waals surface area contributed by atoms with Crippen LogP contribution in [0.5, 0.6) is 0 Å². The number of hydrogen-bond acceptors (Lipinski definition) is 2. The number of amides is 2. The average molecular weight is 254 g/mol. The number of carbonyl (C=O) groups is 2. The number of aliphatic carboxylic acids is 1. The van der Waals surface area contributed by atoms with Crippen LogP contribution in [0.1, 0.15) is 32.6 Å². The Morgan fingerprint density at radius 1 is 1.00 bits per heavy atom. The lowest BCUT2D eigenvalue weighted by molar-refractivity contribution is -0.142. The highest BCUT2D eigenvalue weighted by Crippen LogP contribution is 2.24. The summed E-state index contributed by atoms with van der Waals surface area (Å²) in [6.07, 6.45) is 4.52. The first-order valence-corrected chi connectivity index (χ1v) is 6.86. The molecule has 2 heterocycles. The molecule has 5 heteroatoms. The van der Waals surface area contributed by atoms with Gasteiger partial charge in [0.05, 0.1) is 5.92 Å². The fourth-order valence-electron chi connectivity index (χ4n) is 2.91. The third-order valence-electron chi connectivity index (χ3n) is 4.08. The average Bonchev–Trinajstić information content (AvgIpc) is 2.56. The summed E-state index contributed by atoms with van der Waals surface area (Å²) >= 11 is 0. The van der Waals surface area contributed by atoms with E-state index in [9.17, 15) is 9.59 Å². The first kappa shape index (κ1) is 13.2. The van der Waals surface area contributed by atoms with Gasteiger partial charge in [-0.2, -0.15) is 0 Å². The van der Waals surface area contributed by atoms with Crippen molar-refractivity contribution in [1.29, 1.82) is 0 Å². The van der Waals surface area contributed by atoms with E-state index in [4.69, 9.17) is 5.11 Å². The van der Waals surface area contributed by atoms with Gasteiger partial charge in [-0.05, 0) is 18.8 Å². The lowest BCUT2D eigenvalue weighted by atomic mass is 9.99. The molecule has 2 rings (SSSR count). The van der Waals surface area contributed by atoms with Gasteiger partial charge in [-0.1, -0.05) is 19.8 Å². The molecule has 0 saturated carbocycles. The third-order valence-corrected chi connectivity index (χ3v) is 4.08. The molecule has 2 aliphatic heterocycles. The number of carboxylic acids is 1. The van der Waals surface area contributed by atoms with Crippen molar-refractivity contribution in [2.24, 2.45) is 11.8 Å². The van der Waals surface area contributed by atoms with Gasteiger partial charge in [0.15, 0.2) is 0 Å². The van der Waals surface area contributed by atoms with E-state index in [1.54, 1.807) is 4.90 Å². The zero-order valence-electron chi connectivity index (χ0n) is 11.0. The molecule has 102 valence electrons. The van der Waals surface area contributed by atoms with Crippen molar-refractivity contribution in [3.05, 3.63) is 0 Å². The topological polar surface area (TPSA) is 60.9 Å². The van der Waals surface area contributed by atoms with Crippen LogP contribution in [-0.4, -0.2) is 53.1 Å². The highest BCUT2D eigenvalue weighted by molar-refractivity contribution is 5.77. The van der Waals surface area contributed by atoms with Gasteiger partial charge in [0, 0.05) is 26.2 Å². The summed E-state index contributed by atoms with van der Waals surface area (Å²) in [6, 6.07) is 0.0347. The van der Waals surface area contributed by atoms with Crippen LogP contribution >= 0.6 is 0 Å². The SMILES string of the molecule is C[C@@H]1CN(C(=O)N2CCCCCC2)C[C@H]1C(=O)O. The van der Waals surface area contributed by atoms with E-state index >= 15 is 0 Å². The van der Waals surface area contributed by atoms with Gasteiger partial charge in [0.2, 0.25) is 0 Å². The van der Waals surface area contributed by atoms with E-state index in [1.807, 2.05) is 11.8 Å². The van der Waals surface area contributed by atoms with E-state index in [0.29, 0.717) is 13.1 Å². The maximum absolute atomic E-state index is 12.3. The summed E-state index contributed by atoms with van der Waals surface area (Å²) in [7, 11) is 0. The number of urea groups is 1. The van der Waals surface area contributed by atoms with Crippen LogP contribution in [0.15, 0.2) is 0 Å². The molecule has 2 amide bonds.